The van der Waals surface area contributed by atoms with Crippen LogP contribution in [0.4, 0.5) is 10.1 Å². The fraction of sp³-hybridized carbons (Fsp3) is 0.233. The molecule has 0 spiro atoms. The van der Waals surface area contributed by atoms with E-state index in [1.54, 1.807) is 18.3 Å². The number of benzene rings is 3. The van der Waals surface area contributed by atoms with E-state index < -0.39 is 17.7 Å². The Morgan fingerprint density at radius 2 is 1.77 bits per heavy atom. The van der Waals surface area contributed by atoms with Gasteiger partial charge in [-0.3, -0.25) is 9.59 Å². The van der Waals surface area contributed by atoms with Gasteiger partial charge in [0.05, 0.1) is 28.9 Å². The quantitative estimate of drug-likeness (QED) is 0.198. The number of Topliss-reactive ketones (excluding diaryl/α,β-unsaturated/α-hetero) is 1. The van der Waals surface area contributed by atoms with Crippen LogP contribution in [0.3, 0.4) is 0 Å². The van der Waals surface area contributed by atoms with Crippen LogP contribution in [0.2, 0.25) is 5.02 Å². The summed E-state index contributed by atoms with van der Waals surface area (Å²) in [6.45, 7) is 0.726. The number of fused-ring (bicyclic) bond motifs is 1. The number of aromatic amines is 1. The zero-order valence-electron chi connectivity index (χ0n) is 21.7. The van der Waals surface area contributed by atoms with Gasteiger partial charge in [-0.25, -0.2) is 9.69 Å². The summed E-state index contributed by atoms with van der Waals surface area (Å²) < 4.78 is 26.7. The molecule has 8 nitrogen and oxygen atoms in total. The van der Waals surface area contributed by atoms with Gasteiger partial charge < -0.3 is 19.8 Å². The highest BCUT2D eigenvalue weighted by atomic mass is 35.5. The molecule has 40 heavy (non-hydrogen) atoms. The van der Waals surface area contributed by atoms with Crippen molar-refractivity contribution < 1.29 is 28.2 Å². The number of hydrogen-bond acceptors (Lipinski definition) is 6. The number of rotatable bonds is 9. The number of ether oxygens (including phenoxy) is 2. The van der Waals surface area contributed by atoms with Crippen molar-refractivity contribution in [1.29, 1.82) is 0 Å². The predicted octanol–water partition coefficient (Wildman–Crippen LogP) is 5.77. The first-order chi connectivity index (χ1) is 19.3. The van der Waals surface area contributed by atoms with Crippen molar-refractivity contribution in [2.24, 2.45) is 0 Å². The van der Waals surface area contributed by atoms with Crippen LogP contribution in [-0.4, -0.2) is 53.7 Å². The number of aromatic nitrogens is 1. The number of amides is 1. The molecule has 206 valence electrons. The normalized spacial score (nSPS) is 15.0. The molecular weight excluding hydrogens is 537 g/mol. The first-order valence-corrected chi connectivity index (χ1v) is 13.2. The van der Waals surface area contributed by atoms with E-state index >= 15 is 4.39 Å². The summed E-state index contributed by atoms with van der Waals surface area (Å²) in [5, 5.41) is 3.78. The summed E-state index contributed by atoms with van der Waals surface area (Å²) in [4.78, 5) is 42.4. The van der Waals surface area contributed by atoms with Gasteiger partial charge in [-0.15, -0.1) is 0 Å². The van der Waals surface area contributed by atoms with Gasteiger partial charge >= 0.3 is 11.9 Å². The Morgan fingerprint density at radius 3 is 2.48 bits per heavy atom. The third-order valence-corrected chi connectivity index (χ3v) is 7.18. The molecular formula is C30H27ClFN3O5. The summed E-state index contributed by atoms with van der Waals surface area (Å²) in [6.07, 6.45) is 2.81. The number of nitrogens with one attached hydrogen (secondary N) is 2. The fourth-order valence-corrected chi connectivity index (χ4v) is 5.00. The summed E-state index contributed by atoms with van der Waals surface area (Å²) in [5.41, 5.74) is 2.41. The summed E-state index contributed by atoms with van der Waals surface area (Å²) >= 11 is 6.45. The Labute approximate surface area is 235 Å². The lowest BCUT2D eigenvalue weighted by atomic mass is 10.1. The van der Waals surface area contributed by atoms with E-state index in [0.29, 0.717) is 29.9 Å². The van der Waals surface area contributed by atoms with E-state index in [-0.39, 0.29) is 28.7 Å². The van der Waals surface area contributed by atoms with Gasteiger partial charge in [0.2, 0.25) is 5.78 Å². The molecule has 4 aromatic rings. The molecule has 10 heteroatoms. The molecule has 1 aromatic heterocycles. The molecule has 1 atom stereocenters. The number of anilines is 1. The number of halogens is 2. The molecule has 1 amide bonds. The van der Waals surface area contributed by atoms with Crippen LogP contribution in [0, 0.1) is 0 Å². The number of methoxy groups -OCH3 is 1. The van der Waals surface area contributed by atoms with E-state index in [1.165, 1.54) is 42.3 Å². The fourth-order valence-electron chi connectivity index (χ4n) is 4.75. The van der Waals surface area contributed by atoms with Crippen LogP contribution in [0.5, 0.6) is 5.75 Å². The van der Waals surface area contributed by atoms with Crippen molar-refractivity contribution in [2.75, 3.05) is 25.5 Å². The molecule has 1 fully saturated rings. The molecule has 2 heterocycles. The Bertz CT molecular complexity index is 1570. The molecule has 1 unspecified atom stereocenters. The molecule has 5 rings (SSSR count). The Morgan fingerprint density at radius 1 is 1.05 bits per heavy atom. The van der Waals surface area contributed by atoms with E-state index in [0.717, 1.165) is 23.7 Å². The SMILES string of the molecule is COC(=O)c1ccc(OC(F)(C(=O)Cc2ccc(NC(=O)c3c[nH]c4ccccc34)c(Cl)c2)N2CCCC2)cc1. The molecule has 0 saturated carbocycles. The Balaban J connectivity index is 1.31. The molecule has 1 saturated heterocycles. The maximum absolute atomic E-state index is 16.4. The topological polar surface area (TPSA) is 101 Å². The van der Waals surface area contributed by atoms with Gasteiger partial charge in [-0.1, -0.05) is 35.9 Å². The number of carbonyl (C=O) groups is 3. The van der Waals surface area contributed by atoms with E-state index in [4.69, 9.17) is 16.3 Å². The predicted molar refractivity (Wildman–Crippen MR) is 149 cm³/mol. The monoisotopic (exact) mass is 563 g/mol. The van der Waals surface area contributed by atoms with E-state index in [2.05, 4.69) is 15.0 Å². The summed E-state index contributed by atoms with van der Waals surface area (Å²) in [7, 11) is 1.27. The number of ketones is 1. The number of esters is 1. The zero-order chi connectivity index (χ0) is 28.3. The lowest BCUT2D eigenvalue weighted by Crippen LogP contribution is -2.55. The van der Waals surface area contributed by atoms with Gasteiger partial charge in [0.25, 0.3) is 5.91 Å². The second-order valence-corrected chi connectivity index (χ2v) is 9.90. The lowest BCUT2D eigenvalue weighted by molar-refractivity contribution is -0.191. The Kier molecular flexibility index (Phi) is 7.86. The number of hydrogen-bond donors (Lipinski definition) is 2. The van der Waals surface area contributed by atoms with Crippen LogP contribution < -0.4 is 10.1 Å². The molecule has 3 aromatic carbocycles. The molecule has 2 N–H and O–H groups in total. The minimum atomic E-state index is -2.71. The maximum Gasteiger partial charge on any atom is 0.371 e. The number of H-pyrrole nitrogens is 1. The minimum absolute atomic E-state index is 0.101. The number of para-hydroxylation sites is 1. The number of alkyl halides is 1. The van der Waals surface area contributed by atoms with E-state index in [9.17, 15) is 14.4 Å². The zero-order valence-corrected chi connectivity index (χ0v) is 22.5. The van der Waals surface area contributed by atoms with Crippen molar-refractivity contribution in [3.63, 3.8) is 0 Å². The van der Waals surface area contributed by atoms with Gasteiger partial charge in [-0.2, -0.15) is 4.39 Å². The maximum atomic E-state index is 16.4. The van der Waals surface area contributed by atoms with Gasteiger partial charge in [0.1, 0.15) is 5.75 Å². The molecule has 1 aliphatic rings. The molecule has 0 bridgehead atoms. The van der Waals surface area contributed by atoms with Crippen LogP contribution in [0.1, 0.15) is 39.1 Å². The summed E-state index contributed by atoms with van der Waals surface area (Å²) in [5.74, 6) is -4.28. The highest BCUT2D eigenvalue weighted by Crippen LogP contribution is 2.31. The number of carbonyl (C=O) groups excluding carboxylic acids is 3. The van der Waals surface area contributed by atoms with Crippen LogP contribution >= 0.6 is 11.6 Å². The number of likely N-dealkylation sites (tertiary alicyclic amines) is 1. The third kappa shape index (κ3) is 5.57. The highest BCUT2D eigenvalue weighted by molar-refractivity contribution is 6.34. The Hall–Kier alpha value is -4.21. The van der Waals surface area contributed by atoms with Crippen LogP contribution in [0.15, 0.2) is 72.9 Å². The average molecular weight is 564 g/mol. The third-order valence-electron chi connectivity index (χ3n) is 6.87. The number of nitrogens with zero attached hydrogens (tertiary/aromatic N) is 1. The highest BCUT2D eigenvalue weighted by Gasteiger charge is 2.48. The first kappa shape index (κ1) is 27.4. The lowest BCUT2D eigenvalue weighted by Gasteiger charge is -2.33. The van der Waals surface area contributed by atoms with Gasteiger partial charge in [-0.05, 0) is 60.9 Å². The van der Waals surface area contributed by atoms with Gasteiger partial charge in [0.15, 0.2) is 0 Å². The first-order valence-electron chi connectivity index (χ1n) is 12.8. The van der Waals surface area contributed by atoms with Crippen molar-refractivity contribution >= 4 is 45.9 Å². The molecule has 0 radical (unpaired) electrons. The smallest absolute Gasteiger partial charge is 0.371 e. The van der Waals surface area contributed by atoms with Crippen molar-refractivity contribution in [3.05, 3.63) is 94.6 Å². The van der Waals surface area contributed by atoms with Gasteiger partial charge in [0, 0.05) is 36.6 Å². The standard InChI is InChI=1S/C30H27ClFN3O5/c1-39-29(38)20-9-11-21(12-10-20)40-30(32,35-14-4-5-15-35)27(36)17-19-8-13-26(24(31)16-19)34-28(37)23-18-33-25-7-3-2-6-22(23)25/h2-3,6-13,16,18,33H,4-5,14-15,17H2,1H3,(H,34,37). The minimum Gasteiger partial charge on any atom is -0.465 e. The van der Waals surface area contributed by atoms with E-state index in [1.807, 2.05) is 24.3 Å². The van der Waals surface area contributed by atoms with Crippen molar-refractivity contribution in [2.45, 2.75) is 25.2 Å². The summed E-state index contributed by atoms with van der Waals surface area (Å²) in [6, 6.07) is 17.9. The van der Waals surface area contributed by atoms with Crippen molar-refractivity contribution in [3.8, 4) is 5.75 Å². The average Bonchev–Trinajstić information content (AvgIpc) is 3.65. The molecule has 1 aliphatic heterocycles. The van der Waals surface area contributed by atoms with Crippen LogP contribution in [0.25, 0.3) is 10.9 Å². The molecule has 0 aliphatic carbocycles. The largest absolute Gasteiger partial charge is 0.465 e. The second kappa shape index (κ2) is 11.5. The second-order valence-electron chi connectivity index (χ2n) is 9.49. The van der Waals surface area contributed by atoms with Crippen LogP contribution in [-0.2, 0) is 16.0 Å². The van der Waals surface area contributed by atoms with Crippen molar-refractivity contribution in [1.82, 2.24) is 9.88 Å².